The van der Waals surface area contributed by atoms with Crippen LogP contribution in [0.2, 0.25) is 0 Å². The molecule has 0 amide bonds. The third kappa shape index (κ3) is 3.98. The van der Waals surface area contributed by atoms with Crippen LogP contribution in [0, 0.1) is 0 Å². The fourth-order valence-electron chi connectivity index (χ4n) is 3.79. The molecule has 1 aliphatic heterocycles. The number of fused-ring (bicyclic) bond motifs is 1. The highest BCUT2D eigenvalue weighted by Gasteiger charge is 2.33. The summed E-state index contributed by atoms with van der Waals surface area (Å²) in [5.41, 5.74) is 1.61. The molecule has 1 unspecified atom stereocenters. The minimum atomic E-state index is -4.57. The predicted octanol–water partition coefficient (Wildman–Crippen LogP) is -0.642. The number of hydrogen-bond acceptors (Lipinski definition) is 11. The number of sulfonamides is 2. The molecule has 1 fully saturated rings. The van der Waals surface area contributed by atoms with Crippen LogP contribution in [0.1, 0.15) is 6.42 Å². The molecule has 1 aliphatic rings. The van der Waals surface area contributed by atoms with Crippen molar-refractivity contribution in [2.24, 2.45) is 5.14 Å². The number of nitrogens with one attached hydrogen (secondary N) is 3. The van der Waals surface area contributed by atoms with E-state index in [1.165, 1.54) is 12.1 Å². The van der Waals surface area contributed by atoms with Crippen molar-refractivity contribution in [1.82, 2.24) is 41.0 Å². The van der Waals surface area contributed by atoms with Gasteiger partial charge in [0, 0.05) is 18.2 Å². The first-order valence-corrected chi connectivity index (χ1v) is 12.7. The Morgan fingerprint density at radius 3 is 2.61 bits per heavy atom. The van der Waals surface area contributed by atoms with Gasteiger partial charge in [0.1, 0.15) is 20.8 Å². The first kappa shape index (κ1) is 21.5. The van der Waals surface area contributed by atoms with E-state index in [2.05, 4.69) is 41.0 Å². The van der Waals surface area contributed by atoms with Crippen molar-refractivity contribution >= 4 is 31.1 Å². The Kier molecular flexibility index (Phi) is 5.17. The third-order valence-corrected chi connectivity index (χ3v) is 7.91. The van der Waals surface area contributed by atoms with E-state index < -0.39 is 29.8 Å². The maximum absolute atomic E-state index is 13.2. The number of hydrogen-bond donors (Lipinski definition) is 4. The van der Waals surface area contributed by atoms with Crippen molar-refractivity contribution in [2.45, 2.75) is 22.3 Å². The van der Waals surface area contributed by atoms with Crippen LogP contribution in [-0.4, -0.2) is 66.9 Å². The predicted molar refractivity (Wildman–Crippen MR) is 113 cm³/mol. The summed E-state index contributed by atoms with van der Waals surface area (Å²) in [6.45, 7) is 1.06. The lowest BCUT2D eigenvalue weighted by atomic mass is 9.98. The largest absolute Gasteiger partial charge is 0.315 e. The molecule has 1 saturated heterocycles. The van der Waals surface area contributed by atoms with Gasteiger partial charge in [-0.1, -0.05) is 12.1 Å². The van der Waals surface area contributed by atoms with Crippen LogP contribution in [0.3, 0.4) is 0 Å². The average Bonchev–Trinajstić information content (AvgIpc) is 3.53. The van der Waals surface area contributed by atoms with Crippen molar-refractivity contribution in [3.8, 4) is 22.5 Å². The molecule has 0 spiro atoms. The van der Waals surface area contributed by atoms with Crippen LogP contribution in [0.25, 0.3) is 33.5 Å². The van der Waals surface area contributed by atoms with Gasteiger partial charge in [0.15, 0.2) is 5.82 Å². The van der Waals surface area contributed by atoms with Gasteiger partial charge in [-0.05, 0) is 63.0 Å². The normalized spacial score (nSPS) is 17.1. The standard InChI is InChI=1S/C17H17N9O5S2/c18-32(27,28)16-14(33(29,30)24-10-5-6-19-8-10)4-2-11(15(16)17-20-25-26-21-17)9-1-3-12-13(7-9)23-31-22-12/h1-4,7,10,19,24H,5-6,8H2,(H2,18,27,28)(H,20,21,25,26). The van der Waals surface area contributed by atoms with Crippen LogP contribution in [0.15, 0.2) is 44.8 Å². The van der Waals surface area contributed by atoms with E-state index in [4.69, 9.17) is 9.77 Å². The van der Waals surface area contributed by atoms with Crippen LogP contribution < -0.4 is 15.2 Å². The molecule has 33 heavy (non-hydrogen) atoms. The summed E-state index contributed by atoms with van der Waals surface area (Å²) < 4.78 is 59.2. The molecule has 14 nitrogen and oxygen atoms in total. The van der Waals surface area contributed by atoms with Gasteiger partial charge in [-0.25, -0.2) is 36.4 Å². The lowest BCUT2D eigenvalue weighted by Gasteiger charge is -2.18. The van der Waals surface area contributed by atoms with Gasteiger partial charge >= 0.3 is 0 Å². The van der Waals surface area contributed by atoms with Crippen LogP contribution >= 0.6 is 0 Å². The SMILES string of the molecule is NS(=O)(=O)c1c(S(=O)(=O)NC2CCNC2)ccc(-c2ccc3nonc3c2)c1-c1nnn[nH]1. The molecule has 0 bridgehead atoms. The smallest absolute Gasteiger partial charge is 0.242 e. The summed E-state index contributed by atoms with van der Waals surface area (Å²) in [7, 11) is -8.83. The molecule has 4 aromatic rings. The average molecular weight is 492 g/mol. The molecule has 16 heteroatoms. The van der Waals surface area contributed by atoms with E-state index in [0.29, 0.717) is 41.7 Å². The topological polar surface area (TPSA) is 212 Å². The number of nitrogens with two attached hydrogens (primary N) is 1. The van der Waals surface area contributed by atoms with E-state index in [0.717, 1.165) is 0 Å². The van der Waals surface area contributed by atoms with Gasteiger partial charge in [-0.15, -0.1) is 5.10 Å². The molecule has 1 atom stereocenters. The summed E-state index contributed by atoms with van der Waals surface area (Å²) in [6.07, 6.45) is 0.562. The van der Waals surface area contributed by atoms with E-state index >= 15 is 0 Å². The molecular weight excluding hydrogens is 474 g/mol. The Hall–Kier alpha value is -3.31. The van der Waals surface area contributed by atoms with E-state index in [1.807, 2.05) is 0 Å². The van der Waals surface area contributed by atoms with E-state index in [1.54, 1.807) is 18.2 Å². The Morgan fingerprint density at radius 2 is 1.91 bits per heavy atom. The summed E-state index contributed by atoms with van der Waals surface area (Å²) in [5.74, 6) is -0.0769. The third-order valence-electron chi connectivity index (χ3n) is 5.22. The van der Waals surface area contributed by atoms with E-state index in [9.17, 15) is 16.8 Å². The van der Waals surface area contributed by atoms with Crippen LogP contribution in [0.4, 0.5) is 0 Å². The van der Waals surface area contributed by atoms with Crippen molar-refractivity contribution < 1.29 is 21.5 Å². The molecule has 0 radical (unpaired) electrons. The maximum Gasteiger partial charge on any atom is 0.242 e. The lowest BCUT2D eigenvalue weighted by Crippen LogP contribution is -2.37. The molecule has 3 heterocycles. The van der Waals surface area contributed by atoms with Gasteiger partial charge in [-0.2, -0.15) is 0 Å². The number of nitrogens with zero attached hydrogens (tertiary/aromatic N) is 5. The van der Waals surface area contributed by atoms with Gasteiger partial charge in [0.2, 0.25) is 20.0 Å². The quantitative estimate of drug-likeness (QED) is 0.266. The maximum atomic E-state index is 13.2. The Labute approximate surface area is 187 Å². The number of benzene rings is 2. The fourth-order valence-corrected chi connectivity index (χ4v) is 6.66. The second kappa shape index (κ2) is 7.92. The summed E-state index contributed by atoms with van der Waals surface area (Å²) in [6, 6.07) is 7.15. The molecule has 5 rings (SSSR count). The van der Waals surface area contributed by atoms with Crippen LogP contribution in [0.5, 0.6) is 0 Å². The lowest BCUT2D eigenvalue weighted by molar-refractivity contribution is 0.315. The second-order valence-corrected chi connectivity index (χ2v) is 10.6. The fraction of sp³-hybridized carbons (Fsp3) is 0.235. The number of tetrazole rings is 1. The zero-order valence-electron chi connectivity index (χ0n) is 16.8. The highest BCUT2D eigenvalue weighted by molar-refractivity contribution is 7.92. The van der Waals surface area contributed by atoms with Crippen molar-refractivity contribution in [3.05, 3.63) is 30.3 Å². The molecule has 2 aromatic carbocycles. The highest BCUT2D eigenvalue weighted by atomic mass is 32.2. The Bertz CT molecular complexity index is 1540. The summed E-state index contributed by atoms with van der Waals surface area (Å²) >= 11 is 0. The van der Waals surface area contributed by atoms with Gasteiger partial charge in [-0.3, -0.25) is 0 Å². The van der Waals surface area contributed by atoms with Crippen molar-refractivity contribution in [2.75, 3.05) is 13.1 Å². The molecule has 0 saturated carbocycles. The molecule has 5 N–H and O–H groups in total. The second-order valence-electron chi connectivity index (χ2n) is 7.39. The van der Waals surface area contributed by atoms with Crippen LogP contribution in [-0.2, 0) is 20.0 Å². The first-order valence-electron chi connectivity index (χ1n) is 9.64. The minimum Gasteiger partial charge on any atom is -0.315 e. The highest BCUT2D eigenvalue weighted by Crippen LogP contribution is 2.39. The minimum absolute atomic E-state index is 0.0769. The first-order chi connectivity index (χ1) is 15.7. The van der Waals surface area contributed by atoms with E-state index in [-0.39, 0.29) is 17.4 Å². The molecular formula is C17H17N9O5S2. The molecule has 2 aromatic heterocycles. The van der Waals surface area contributed by atoms with Gasteiger partial charge in [0.05, 0.1) is 0 Å². The van der Waals surface area contributed by atoms with Gasteiger partial charge < -0.3 is 5.32 Å². The number of primary sulfonamides is 1. The Morgan fingerprint density at radius 1 is 1.09 bits per heavy atom. The zero-order valence-corrected chi connectivity index (χ0v) is 18.4. The summed E-state index contributed by atoms with van der Waals surface area (Å²) in [5, 5.41) is 29.4. The summed E-state index contributed by atoms with van der Waals surface area (Å²) in [4.78, 5) is -1.13. The zero-order chi connectivity index (χ0) is 23.2. The number of aromatic nitrogens is 6. The Balaban J connectivity index is 1.78. The van der Waals surface area contributed by atoms with Crippen molar-refractivity contribution in [3.63, 3.8) is 0 Å². The number of rotatable bonds is 6. The molecule has 0 aliphatic carbocycles. The number of aromatic amines is 1. The number of H-pyrrole nitrogens is 1. The van der Waals surface area contributed by atoms with Crippen molar-refractivity contribution in [1.29, 1.82) is 0 Å². The molecule has 172 valence electrons. The monoisotopic (exact) mass is 491 g/mol. The van der Waals surface area contributed by atoms with Gasteiger partial charge in [0.25, 0.3) is 0 Å².